The van der Waals surface area contributed by atoms with E-state index >= 15 is 0 Å². The molecule has 0 aromatic heterocycles. The molecule has 0 saturated carbocycles. The molecule has 0 heterocycles. The summed E-state index contributed by atoms with van der Waals surface area (Å²) in [5.41, 5.74) is 1.70. The molecule has 0 fully saturated rings. The van der Waals surface area contributed by atoms with Gasteiger partial charge in [-0.1, -0.05) is 20.8 Å². The van der Waals surface area contributed by atoms with Crippen LogP contribution in [-0.4, -0.2) is 29.1 Å². The van der Waals surface area contributed by atoms with E-state index in [1.807, 2.05) is 34.6 Å². The molecular weight excluding hydrogens is 304 g/mol. The molecule has 0 aliphatic heterocycles. The van der Waals surface area contributed by atoms with E-state index in [0.717, 1.165) is 17.7 Å². The molecule has 5 heteroatoms. The molecule has 3 N–H and O–H groups in total. The number of amides is 2. The minimum atomic E-state index is -0.427. The highest BCUT2D eigenvalue weighted by Crippen LogP contribution is 2.19. The van der Waals surface area contributed by atoms with E-state index in [9.17, 15) is 9.59 Å². The third-order valence-corrected chi connectivity index (χ3v) is 4.22. The quantitative estimate of drug-likeness (QED) is 0.683. The minimum absolute atomic E-state index is 0.0215. The highest BCUT2D eigenvalue weighted by atomic mass is 16.3. The molecule has 1 aromatic rings. The first kappa shape index (κ1) is 20.2. The highest BCUT2D eigenvalue weighted by Gasteiger charge is 2.24. The number of nitrogens with one attached hydrogen (secondary N) is 2. The van der Waals surface area contributed by atoms with Crippen molar-refractivity contribution >= 4 is 17.5 Å². The van der Waals surface area contributed by atoms with Crippen molar-refractivity contribution in [3.63, 3.8) is 0 Å². The lowest BCUT2D eigenvalue weighted by molar-refractivity contribution is -0.116. The van der Waals surface area contributed by atoms with Gasteiger partial charge in [-0.15, -0.1) is 0 Å². The molecule has 1 unspecified atom stereocenters. The molecule has 0 aliphatic carbocycles. The summed E-state index contributed by atoms with van der Waals surface area (Å²) < 4.78 is 0. The van der Waals surface area contributed by atoms with Gasteiger partial charge in [-0.25, -0.2) is 0 Å². The van der Waals surface area contributed by atoms with Gasteiger partial charge in [0.1, 0.15) is 0 Å². The summed E-state index contributed by atoms with van der Waals surface area (Å²) >= 11 is 0. The minimum Gasteiger partial charge on any atom is -0.396 e. The third-order valence-electron chi connectivity index (χ3n) is 4.22. The number of aliphatic hydroxyl groups is 1. The molecule has 134 valence electrons. The van der Waals surface area contributed by atoms with Gasteiger partial charge in [0.2, 0.25) is 5.91 Å². The van der Waals surface area contributed by atoms with Crippen molar-refractivity contribution < 1.29 is 14.7 Å². The molecular formula is C19H30N2O3. The van der Waals surface area contributed by atoms with Gasteiger partial charge in [0.05, 0.1) is 0 Å². The predicted octanol–water partition coefficient (Wildman–Crippen LogP) is 3.26. The van der Waals surface area contributed by atoms with Crippen LogP contribution in [0.4, 0.5) is 5.69 Å². The largest absolute Gasteiger partial charge is 0.396 e. The lowest BCUT2D eigenvalue weighted by Crippen LogP contribution is -2.46. The maximum atomic E-state index is 12.4. The Balaban J connectivity index is 2.83. The van der Waals surface area contributed by atoms with Crippen LogP contribution in [0.25, 0.3) is 0 Å². The zero-order valence-corrected chi connectivity index (χ0v) is 15.4. The third kappa shape index (κ3) is 5.96. The Hall–Kier alpha value is -1.88. The summed E-state index contributed by atoms with van der Waals surface area (Å²) in [6, 6.07) is 5.25. The Morgan fingerprint density at radius 1 is 1.29 bits per heavy atom. The summed E-state index contributed by atoms with van der Waals surface area (Å²) in [6.07, 6.45) is 1.72. The van der Waals surface area contributed by atoms with Crippen LogP contribution in [0.5, 0.6) is 0 Å². The second-order valence-corrected chi connectivity index (χ2v) is 7.02. The van der Waals surface area contributed by atoms with E-state index in [0.29, 0.717) is 24.3 Å². The van der Waals surface area contributed by atoms with E-state index < -0.39 is 5.54 Å². The van der Waals surface area contributed by atoms with Crippen molar-refractivity contribution in [1.82, 2.24) is 5.32 Å². The fourth-order valence-electron chi connectivity index (χ4n) is 2.44. The molecule has 0 saturated heterocycles. The molecule has 0 spiro atoms. The van der Waals surface area contributed by atoms with Crippen LogP contribution < -0.4 is 10.6 Å². The molecule has 1 atom stereocenters. The lowest BCUT2D eigenvalue weighted by atomic mass is 9.94. The molecule has 0 aliphatic rings. The second-order valence-electron chi connectivity index (χ2n) is 7.02. The summed E-state index contributed by atoms with van der Waals surface area (Å²) in [5.74, 6) is 0.108. The standard InChI is InChI=1S/C19H30N2O3/c1-6-19(5,9-10-22)21-18(24)15-7-8-16(14(4)12-15)20-17(23)11-13(2)3/h7-8,12-13,22H,6,9-11H2,1-5H3,(H,20,23)(H,21,24). The Morgan fingerprint density at radius 2 is 1.96 bits per heavy atom. The van der Waals surface area contributed by atoms with Crippen LogP contribution in [0.15, 0.2) is 18.2 Å². The van der Waals surface area contributed by atoms with E-state index in [-0.39, 0.29) is 18.4 Å². The smallest absolute Gasteiger partial charge is 0.251 e. The number of anilines is 1. The van der Waals surface area contributed by atoms with Crippen molar-refractivity contribution in [3.05, 3.63) is 29.3 Å². The fourth-order valence-corrected chi connectivity index (χ4v) is 2.44. The maximum absolute atomic E-state index is 12.4. The van der Waals surface area contributed by atoms with Crippen molar-refractivity contribution in [3.8, 4) is 0 Å². The Kier molecular flexibility index (Phi) is 7.42. The zero-order chi connectivity index (χ0) is 18.3. The van der Waals surface area contributed by atoms with Gasteiger partial charge < -0.3 is 15.7 Å². The number of benzene rings is 1. The molecule has 0 radical (unpaired) electrons. The van der Waals surface area contributed by atoms with Crippen LogP contribution in [-0.2, 0) is 4.79 Å². The van der Waals surface area contributed by atoms with Crippen molar-refractivity contribution in [1.29, 1.82) is 0 Å². The fraction of sp³-hybridized carbons (Fsp3) is 0.579. The van der Waals surface area contributed by atoms with Gasteiger partial charge in [0.15, 0.2) is 0 Å². The van der Waals surface area contributed by atoms with Crippen LogP contribution in [0.1, 0.15) is 62.9 Å². The maximum Gasteiger partial charge on any atom is 0.251 e. The van der Waals surface area contributed by atoms with Gasteiger partial charge >= 0.3 is 0 Å². The number of carbonyl (C=O) groups is 2. The number of carbonyl (C=O) groups excluding carboxylic acids is 2. The summed E-state index contributed by atoms with van der Waals surface area (Å²) in [7, 11) is 0. The first-order valence-corrected chi connectivity index (χ1v) is 8.54. The van der Waals surface area contributed by atoms with Crippen molar-refractivity contribution in [2.75, 3.05) is 11.9 Å². The van der Waals surface area contributed by atoms with Gasteiger partial charge in [0.25, 0.3) is 5.91 Å². The van der Waals surface area contributed by atoms with E-state index in [1.165, 1.54) is 0 Å². The SMILES string of the molecule is CCC(C)(CCO)NC(=O)c1ccc(NC(=O)CC(C)C)c(C)c1. The topological polar surface area (TPSA) is 78.4 Å². The molecule has 1 rings (SSSR count). The van der Waals surface area contributed by atoms with Gasteiger partial charge in [-0.3, -0.25) is 9.59 Å². The zero-order valence-electron chi connectivity index (χ0n) is 15.4. The van der Waals surface area contributed by atoms with Crippen molar-refractivity contribution in [2.24, 2.45) is 5.92 Å². The summed E-state index contributed by atoms with van der Waals surface area (Å²) in [5, 5.41) is 15.0. The monoisotopic (exact) mass is 334 g/mol. The van der Waals surface area contributed by atoms with Gasteiger partial charge in [-0.05, 0) is 56.4 Å². The normalized spacial score (nSPS) is 13.5. The molecule has 24 heavy (non-hydrogen) atoms. The molecule has 1 aromatic carbocycles. The average Bonchev–Trinajstić information content (AvgIpc) is 2.48. The van der Waals surface area contributed by atoms with E-state index in [2.05, 4.69) is 10.6 Å². The molecule has 5 nitrogen and oxygen atoms in total. The van der Waals surface area contributed by atoms with Crippen LogP contribution in [0.3, 0.4) is 0 Å². The van der Waals surface area contributed by atoms with Gasteiger partial charge in [0, 0.05) is 29.8 Å². The number of aliphatic hydroxyl groups excluding tert-OH is 1. The number of aryl methyl sites for hydroxylation is 1. The first-order chi connectivity index (χ1) is 11.2. The predicted molar refractivity (Wildman–Crippen MR) is 97.1 cm³/mol. The average molecular weight is 334 g/mol. The first-order valence-electron chi connectivity index (χ1n) is 8.54. The number of rotatable bonds is 8. The Labute approximate surface area is 144 Å². The molecule has 2 amide bonds. The van der Waals surface area contributed by atoms with E-state index in [1.54, 1.807) is 18.2 Å². The summed E-state index contributed by atoms with van der Waals surface area (Å²) in [6.45, 7) is 9.80. The van der Waals surface area contributed by atoms with Crippen LogP contribution >= 0.6 is 0 Å². The van der Waals surface area contributed by atoms with Gasteiger partial charge in [-0.2, -0.15) is 0 Å². The molecule has 0 bridgehead atoms. The number of hydrogen-bond acceptors (Lipinski definition) is 3. The lowest BCUT2D eigenvalue weighted by Gasteiger charge is -2.29. The van der Waals surface area contributed by atoms with Crippen LogP contribution in [0.2, 0.25) is 0 Å². The van der Waals surface area contributed by atoms with Crippen LogP contribution in [0, 0.1) is 12.8 Å². The summed E-state index contributed by atoms with van der Waals surface area (Å²) in [4.78, 5) is 24.3. The Morgan fingerprint density at radius 3 is 2.46 bits per heavy atom. The Bertz CT molecular complexity index is 584. The highest BCUT2D eigenvalue weighted by molar-refractivity contribution is 5.97. The van der Waals surface area contributed by atoms with E-state index in [4.69, 9.17) is 5.11 Å². The second kappa shape index (κ2) is 8.83. The number of hydrogen-bond donors (Lipinski definition) is 3. The van der Waals surface area contributed by atoms with Crippen molar-refractivity contribution in [2.45, 2.75) is 59.4 Å².